The van der Waals surface area contributed by atoms with Gasteiger partial charge in [0.2, 0.25) is 0 Å². The normalized spacial score (nSPS) is 18.8. The van der Waals surface area contributed by atoms with Crippen molar-refractivity contribution in [1.82, 2.24) is 0 Å². The second-order valence-electron chi connectivity index (χ2n) is 9.80. The molecule has 1 amide bonds. The Balaban J connectivity index is 1.69. The van der Waals surface area contributed by atoms with Crippen LogP contribution in [0.5, 0.6) is 11.5 Å². The quantitative estimate of drug-likeness (QED) is 0.360. The van der Waals surface area contributed by atoms with E-state index in [-0.39, 0.29) is 29.4 Å². The van der Waals surface area contributed by atoms with Gasteiger partial charge in [-0.25, -0.2) is 0 Å². The zero-order chi connectivity index (χ0) is 28.4. The standard InChI is InChI=1S/C31H29F3N2O4/c1-3-16-40-27-11-7-4-8-22(27)20-17-24-28(26(37)18-20)29(19-12-14-21(39-2)15-13-19)36(30(38)31(32,33)34)25-10-6-5-9-23(25)35-24/h4-15,20,29,35H,3,16-18H2,1-2H3/t20-,29+/m0/s1. The van der Waals surface area contributed by atoms with Crippen molar-refractivity contribution in [2.24, 2.45) is 0 Å². The van der Waals surface area contributed by atoms with Crippen molar-refractivity contribution in [3.63, 3.8) is 0 Å². The summed E-state index contributed by atoms with van der Waals surface area (Å²) in [6, 6.07) is 18.9. The monoisotopic (exact) mass is 550 g/mol. The van der Waals surface area contributed by atoms with Crippen LogP contribution in [0.25, 0.3) is 0 Å². The number of benzene rings is 3. The zero-order valence-electron chi connectivity index (χ0n) is 22.1. The number of amides is 1. The Morgan fingerprint density at radius 3 is 2.40 bits per heavy atom. The first-order valence-corrected chi connectivity index (χ1v) is 13.1. The fraction of sp³-hybridized carbons (Fsp3) is 0.290. The molecule has 0 aromatic heterocycles. The number of carbonyl (C=O) groups excluding carboxylic acids is 2. The van der Waals surface area contributed by atoms with Gasteiger partial charge in [0.05, 0.1) is 31.1 Å². The molecule has 6 nitrogen and oxygen atoms in total. The highest BCUT2D eigenvalue weighted by molar-refractivity contribution is 6.07. The van der Waals surface area contributed by atoms with E-state index in [1.165, 1.54) is 13.2 Å². The number of para-hydroxylation sites is 3. The number of nitrogens with zero attached hydrogens (tertiary/aromatic N) is 1. The first-order valence-electron chi connectivity index (χ1n) is 13.1. The van der Waals surface area contributed by atoms with Gasteiger partial charge in [0, 0.05) is 23.6 Å². The molecule has 1 N–H and O–H groups in total. The fourth-order valence-corrected chi connectivity index (χ4v) is 5.43. The molecular weight excluding hydrogens is 521 g/mol. The lowest BCUT2D eigenvalue weighted by molar-refractivity contribution is -0.170. The highest BCUT2D eigenvalue weighted by Gasteiger charge is 2.50. The first kappa shape index (κ1) is 27.3. The number of carbonyl (C=O) groups is 2. The van der Waals surface area contributed by atoms with Crippen molar-refractivity contribution in [1.29, 1.82) is 0 Å². The molecule has 0 fully saturated rings. The highest BCUT2D eigenvalue weighted by Crippen LogP contribution is 2.49. The zero-order valence-corrected chi connectivity index (χ0v) is 22.1. The molecule has 2 atom stereocenters. The minimum Gasteiger partial charge on any atom is -0.497 e. The van der Waals surface area contributed by atoms with Crippen molar-refractivity contribution >= 4 is 23.1 Å². The van der Waals surface area contributed by atoms with Gasteiger partial charge in [0.15, 0.2) is 5.78 Å². The molecule has 5 rings (SSSR count). The van der Waals surface area contributed by atoms with Crippen molar-refractivity contribution in [3.05, 3.63) is 95.2 Å². The summed E-state index contributed by atoms with van der Waals surface area (Å²) in [6.45, 7) is 2.52. The molecule has 1 aliphatic carbocycles. The maximum atomic E-state index is 14.1. The molecule has 208 valence electrons. The van der Waals surface area contributed by atoms with Gasteiger partial charge < -0.3 is 14.8 Å². The van der Waals surface area contributed by atoms with Crippen LogP contribution in [0.2, 0.25) is 0 Å². The predicted octanol–water partition coefficient (Wildman–Crippen LogP) is 6.95. The van der Waals surface area contributed by atoms with E-state index in [4.69, 9.17) is 9.47 Å². The minimum atomic E-state index is -5.17. The number of ether oxygens (including phenoxy) is 2. The largest absolute Gasteiger partial charge is 0.497 e. The van der Waals surface area contributed by atoms with Gasteiger partial charge in [0.1, 0.15) is 11.5 Å². The Morgan fingerprint density at radius 2 is 1.70 bits per heavy atom. The van der Waals surface area contributed by atoms with E-state index in [0.29, 0.717) is 46.4 Å². The molecule has 9 heteroatoms. The van der Waals surface area contributed by atoms with Gasteiger partial charge in [-0.1, -0.05) is 49.4 Å². The Bertz CT molecular complexity index is 1450. The first-order chi connectivity index (χ1) is 19.2. The van der Waals surface area contributed by atoms with E-state index in [2.05, 4.69) is 5.32 Å². The maximum absolute atomic E-state index is 14.1. The van der Waals surface area contributed by atoms with Crippen LogP contribution in [-0.4, -0.2) is 31.6 Å². The lowest BCUT2D eigenvalue weighted by Gasteiger charge is -2.35. The molecule has 0 saturated carbocycles. The van der Waals surface area contributed by atoms with Gasteiger partial charge in [0.25, 0.3) is 0 Å². The summed E-state index contributed by atoms with van der Waals surface area (Å²) in [5, 5.41) is 3.24. The van der Waals surface area contributed by atoms with Crippen LogP contribution in [0.3, 0.4) is 0 Å². The Kier molecular flexibility index (Phi) is 7.56. The second-order valence-corrected chi connectivity index (χ2v) is 9.80. The number of allylic oxidation sites excluding steroid dienone is 1. The number of Topliss-reactive ketones (excluding diaryl/α,β-unsaturated/α-hetero) is 1. The number of rotatable bonds is 6. The smallest absolute Gasteiger partial charge is 0.471 e. The number of hydrogen-bond acceptors (Lipinski definition) is 5. The Labute approximate surface area is 230 Å². The number of methoxy groups -OCH3 is 1. The maximum Gasteiger partial charge on any atom is 0.471 e. The summed E-state index contributed by atoms with van der Waals surface area (Å²) < 4.78 is 53.4. The lowest BCUT2D eigenvalue weighted by atomic mass is 9.78. The van der Waals surface area contributed by atoms with E-state index in [1.54, 1.807) is 42.5 Å². The Morgan fingerprint density at radius 1 is 1.00 bits per heavy atom. The molecular formula is C31H29F3N2O4. The number of anilines is 2. The molecule has 3 aromatic rings. The summed E-state index contributed by atoms with van der Waals surface area (Å²) in [7, 11) is 1.48. The van der Waals surface area contributed by atoms with Crippen molar-refractivity contribution in [3.8, 4) is 11.5 Å². The van der Waals surface area contributed by atoms with E-state index < -0.39 is 18.1 Å². The van der Waals surface area contributed by atoms with E-state index in [1.807, 2.05) is 31.2 Å². The van der Waals surface area contributed by atoms with E-state index in [9.17, 15) is 22.8 Å². The molecule has 0 unspecified atom stereocenters. The second kappa shape index (κ2) is 11.1. The molecule has 0 saturated heterocycles. The van der Waals surface area contributed by atoms with Crippen LogP contribution < -0.4 is 19.7 Å². The van der Waals surface area contributed by atoms with Crippen molar-refractivity contribution in [2.75, 3.05) is 23.9 Å². The third-order valence-electron chi connectivity index (χ3n) is 7.20. The Hall–Kier alpha value is -4.27. The third kappa shape index (κ3) is 5.15. The predicted molar refractivity (Wildman–Crippen MR) is 146 cm³/mol. The summed E-state index contributed by atoms with van der Waals surface area (Å²) in [5.41, 5.74) is 2.20. The summed E-state index contributed by atoms with van der Waals surface area (Å²) in [4.78, 5) is 27.7. The van der Waals surface area contributed by atoms with Gasteiger partial charge >= 0.3 is 12.1 Å². The molecule has 3 aromatic carbocycles. The fourth-order valence-electron chi connectivity index (χ4n) is 5.43. The van der Waals surface area contributed by atoms with E-state index >= 15 is 0 Å². The van der Waals surface area contributed by atoms with Crippen LogP contribution in [0, 0.1) is 0 Å². The third-order valence-corrected chi connectivity index (χ3v) is 7.20. The van der Waals surface area contributed by atoms with Crippen LogP contribution in [0.15, 0.2) is 84.1 Å². The van der Waals surface area contributed by atoms with Gasteiger partial charge in [-0.05, 0) is 54.3 Å². The molecule has 2 aliphatic rings. The number of ketones is 1. The number of halogens is 3. The topological polar surface area (TPSA) is 67.9 Å². The van der Waals surface area contributed by atoms with Crippen LogP contribution in [0.1, 0.15) is 49.3 Å². The van der Waals surface area contributed by atoms with E-state index in [0.717, 1.165) is 12.0 Å². The van der Waals surface area contributed by atoms with Crippen LogP contribution in [0.4, 0.5) is 24.5 Å². The highest BCUT2D eigenvalue weighted by atomic mass is 19.4. The van der Waals surface area contributed by atoms with Gasteiger partial charge in [-0.15, -0.1) is 0 Å². The van der Waals surface area contributed by atoms with Gasteiger partial charge in [-0.2, -0.15) is 13.2 Å². The molecule has 0 bridgehead atoms. The van der Waals surface area contributed by atoms with Crippen molar-refractivity contribution in [2.45, 2.75) is 44.3 Å². The molecule has 0 radical (unpaired) electrons. The summed E-state index contributed by atoms with van der Waals surface area (Å²) >= 11 is 0. The average Bonchev–Trinajstić information content (AvgIpc) is 3.10. The molecule has 1 aliphatic heterocycles. The molecule has 1 heterocycles. The summed E-state index contributed by atoms with van der Waals surface area (Å²) in [6.07, 6.45) is -3.94. The molecule has 0 spiro atoms. The summed E-state index contributed by atoms with van der Waals surface area (Å²) in [5.74, 6) is -1.47. The van der Waals surface area contributed by atoms with Crippen LogP contribution in [-0.2, 0) is 9.59 Å². The SMILES string of the molecule is CCCOc1ccccc1[C@@H]1CC(=O)C2=C(C1)Nc1ccccc1N(C(=O)C(F)(F)F)[C@@H]2c1ccc(OC)cc1. The van der Waals surface area contributed by atoms with Gasteiger partial charge in [-0.3, -0.25) is 14.5 Å². The van der Waals surface area contributed by atoms with Crippen molar-refractivity contribution < 1.29 is 32.2 Å². The van der Waals surface area contributed by atoms with Crippen LogP contribution >= 0.6 is 0 Å². The lowest BCUT2D eigenvalue weighted by Crippen LogP contribution is -2.45. The molecule has 40 heavy (non-hydrogen) atoms. The number of alkyl halides is 3. The number of fused-ring (bicyclic) bond motifs is 1. The average molecular weight is 551 g/mol. The number of hydrogen-bond donors (Lipinski definition) is 1. The minimum absolute atomic E-state index is 0.0380. The number of nitrogens with one attached hydrogen (secondary N) is 1.